The summed E-state index contributed by atoms with van der Waals surface area (Å²) in [7, 11) is 0. The molecule has 0 bridgehead atoms. The molecule has 0 heterocycles. The lowest BCUT2D eigenvalue weighted by Crippen LogP contribution is -2.16. The van der Waals surface area contributed by atoms with Crippen molar-refractivity contribution in [3.63, 3.8) is 0 Å². The van der Waals surface area contributed by atoms with E-state index in [1.54, 1.807) is 26.0 Å². The predicted molar refractivity (Wildman–Crippen MR) is 133 cm³/mol. The van der Waals surface area contributed by atoms with Crippen molar-refractivity contribution in [1.29, 1.82) is 0 Å². The van der Waals surface area contributed by atoms with Crippen LogP contribution in [-0.2, 0) is 4.74 Å². The van der Waals surface area contributed by atoms with Gasteiger partial charge in [-0.25, -0.2) is 0 Å². The second kappa shape index (κ2) is 10.3. The van der Waals surface area contributed by atoms with Gasteiger partial charge in [0.15, 0.2) is 0 Å². The molecule has 0 radical (unpaired) electrons. The number of ether oxygens (including phenoxy) is 1. The minimum absolute atomic E-state index is 0.00909. The maximum atomic E-state index is 11.6. The first-order valence-corrected chi connectivity index (χ1v) is 11.1. The molecule has 176 valence electrons. The summed E-state index contributed by atoms with van der Waals surface area (Å²) >= 11 is 0. The fraction of sp³-hybridized carbons (Fsp3) is 0.143. The van der Waals surface area contributed by atoms with E-state index in [9.17, 15) is 20.2 Å². The van der Waals surface area contributed by atoms with Crippen molar-refractivity contribution in [2.45, 2.75) is 26.1 Å². The highest BCUT2D eigenvalue weighted by molar-refractivity contribution is 5.50. The summed E-state index contributed by atoms with van der Waals surface area (Å²) in [5.41, 5.74) is 4.00. The van der Waals surface area contributed by atoms with Gasteiger partial charge in [0, 0.05) is 23.3 Å². The van der Waals surface area contributed by atoms with Crippen LogP contribution in [-0.4, -0.2) is 9.85 Å². The third kappa shape index (κ3) is 4.95. The number of hydrogen-bond donors (Lipinski definition) is 0. The van der Waals surface area contributed by atoms with Gasteiger partial charge in [0.2, 0.25) is 0 Å². The normalized spacial score (nSPS) is 12.6. The zero-order chi connectivity index (χ0) is 24.9. The van der Waals surface area contributed by atoms with E-state index in [4.69, 9.17) is 4.74 Å². The first kappa shape index (κ1) is 23.8. The standard InChI is InChI=1S/C28H24N2O5/c1-19-23(15-9-17-25(19)29(31)32)27(21-11-5-3-6-12-21)35-28(22-13-7-4-8-14-22)24-16-10-18-26(20(24)2)30(33)34/h3-18,27-28H,1-2H3. The quantitative estimate of drug-likeness (QED) is 0.205. The molecule has 0 amide bonds. The number of hydrogen-bond acceptors (Lipinski definition) is 5. The summed E-state index contributed by atoms with van der Waals surface area (Å²) in [4.78, 5) is 22.5. The van der Waals surface area contributed by atoms with Crippen molar-refractivity contribution in [2.24, 2.45) is 0 Å². The van der Waals surface area contributed by atoms with Gasteiger partial charge in [-0.15, -0.1) is 0 Å². The molecule has 2 unspecified atom stereocenters. The highest BCUT2D eigenvalue weighted by Crippen LogP contribution is 2.40. The van der Waals surface area contributed by atoms with Gasteiger partial charge in [-0.05, 0) is 36.1 Å². The molecule has 0 aliphatic carbocycles. The van der Waals surface area contributed by atoms with Crippen molar-refractivity contribution < 1.29 is 14.6 Å². The van der Waals surface area contributed by atoms with Gasteiger partial charge in [0.1, 0.15) is 12.2 Å². The van der Waals surface area contributed by atoms with Crippen molar-refractivity contribution in [3.8, 4) is 0 Å². The van der Waals surface area contributed by atoms with Crippen LogP contribution in [0.2, 0.25) is 0 Å². The molecule has 0 spiro atoms. The van der Waals surface area contributed by atoms with Gasteiger partial charge in [-0.3, -0.25) is 20.2 Å². The fourth-order valence-electron chi connectivity index (χ4n) is 4.30. The predicted octanol–water partition coefficient (Wildman–Crippen LogP) is 7.02. The fourth-order valence-corrected chi connectivity index (χ4v) is 4.30. The van der Waals surface area contributed by atoms with Crippen LogP contribution in [0.4, 0.5) is 11.4 Å². The topological polar surface area (TPSA) is 95.5 Å². The molecule has 0 aliphatic heterocycles. The summed E-state index contributed by atoms with van der Waals surface area (Å²) in [5.74, 6) is 0. The smallest absolute Gasteiger partial charge is 0.272 e. The summed E-state index contributed by atoms with van der Waals surface area (Å²) in [6.45, 7) is 3.42. The van der Waals surface area contributed by atoms with E-state index in [0.29, 0.717) is 22.3 Å². The molecule has 0 saturated carbocycles. The largest absolute Gasteiger partial charge is 0.356 e. The Morgan fingerprint density at radius 2 is 0.943 bits per heavy atom. The molecule has 35 heavy (non-hydrogen) atoms. The summed E-state index contributed by atoms with van der Waals surface area (Å²) in [5, 5.41) is 23.3. The highest BCUT2D eigenvalue weighted by Gasteiger charge is 2.29. The van der Waals surface area contributed by atoms with E-state index in [1.165, 1.54) is 12.1 Å². The van der Waals surface area contributed by atoms with Gasteiger partial charge in [0.25, 0.3) is 11.4 Å². The van der Waals surface area contributed by atoms with Gasteiger partial charge in [-0.2, -0.15) is 0 Å². The molecule has 2 atom stereocenters. The molecule has 7 nitrogen and oxygen atoms in total. The van der Waals surface area contributed by atoms with Crippen LogP contribution in [0, 0.1) is 34.1 Å². The average Bonchev–Trinajstić information content (AvgIpc) is 2.86. The van der Waals surface area contributed by atoms with E-state index in [0.717, 1.165) is 11.1 Å². The van der Waals surface area contributed by atoms with Crippen LogP contribution in [0.1, 0.15) is 45.6 Å². The molecule has 0 N–H and O–H groups in total. The third-order valence-corrected chi connectivity index (χ3v) is 6.13. The van der Waals surface area contributed by atoms with Crippen LogP contribution in [0.15, 0.2) is 97.1 Å². The van der Waals surface area contributed by atoms with Gasteiger partial charge < -0.3 is 4.74 Å². The monoisotopic (exact) mass is 468 g/mol. The number of nitro benzene ring substituents is 2. The van der Waals surface area contributed by atoms with Crippen LogP contribution in [0.5, 0.6) is 0 Å². The molecule has 0 saturated heterocycles. The minimum Gasteiger partial charge on any atom is -0.356 e. The average molecular weight is 469 g/mol. The summed E-state index contributed by atoms with van der Waals surface area (Å²) in [6.07, 6.45) is -1.31. The van der Waals surface area contributed by atoms with Crippen LogP contribution < -0.4 is 0 Å². The molecule has 4 aromatic rings. The SMILES string of the molecule is Cc1c(C(OC(c2ccccc2)c2cccc([N+](=O)[O-])c2C)c2ccccc2)cccc1[N+](=O)[O-]. The van der Waals surface area contributed by atoms with E-state index < -0.39 is 22.1 Å². The second-order valence-corrected chi connectivity index (χ2v) is 8.21. The molecule has 7 heteroatoms. The Morgan fingerprint density at radius 1 is 0.571 bits per heavy atom. The van der Waals surface area contributed by atoms with Crippen molar-refractivity contribution >= 4 is 11.4 Å². The van der Waals surface area contributed by atoms with Gasteiger partial charge >= 0.3 is 0 Å². The van der Waals surface area contributed by atoms with Crippen molar-refractivity contribution in [3.05, 3.63) is 151 Å². The molecule has 4 rings (SSSR count). The van der Waals surface area contributed by atoms with Crippen LogP contribution >= 0.6 is 0 Å². The highest BCUT2D eigenvalue weighted by atomic mass is 16.6. The maximum Gasteiger partial charge on any atom is 0.272 e. The minimum atomic E-state index is -0.653. The number of nitrogens with zero attached hydrogens (tertiary/aromatic N) is 2. The molecule has 0 aliphatic rings. The lowest BCUT2D eigenvalue weighted by Gasteiger charge is -2.28. The zero-order valence-corrected chi connectivity index (χ0v) is 19.3. The number of benzene rings is 4. The Labute approximate surface area is 202 Å². The molecular weight excluding hydrogens is 444 g/mol. The van der Waals surface area contributed by atoms with Crippen molar-refractivity contribution in [2.75, 3.05) is 0 Å². The lowest BCUT2D eigenvalue weighted by atomic mass is 9.93. The van der Waals surface area contributed by atoms with Crippen molar-refractivity contribution in [1.82, 2.24) is 0 Å². The zero-order valence-electron chi connectivity index (χ0n) is 19.3. The lowest BCUT2D eigenvalue weighted by molar-refractivity contribution is -0.385. The second-order valence-electron chi connectivity index (χ2n) is 8.21. The number of nitro groups is 2. The Bertz CT molecular complexity index is 1250. The van der Waals surface area contributed by atoms with E-state index in [2.05, 4.69) is 0 Å². The Kier molecular flexibility index (Phi) is 6.98. The van der Waals surface area contributed by atoms with Gasteiger partial charge in [-0.1, -0.05) is 84.9 Å². The Morgan fingerprint density at radius 3 is 1.29 bits per heavy atom. The van der Waals surface area contributed by atoms with Gasteiger partial charge in [0.05, 0.1) is 9.85 Å². The summed E-state index contributed by atoms with van der Waals surface area (Å²) < 4.78 is 6.78. The Balaban J connectivity index is 1.91. The van der Waals surface area contributed by atoms with E-state index in [1.807, 2.05) is 72.8 Å². The van der Waals surface area contributed by atoms with Crippen LogP contribution in [0.25, 0.3) is 0 Å². The maximum absolute atomic E-state index is 11.6. The van der Waals surface area contributed by atoms with Crippen LogP contribution in [0.3, 0.4) is 0 Å². The summed E-state index contributed by atoms with van der Waals surface area (Å²) in [6, 6.07) is 28.8. The number of rotatable bonds is 8. The molecule has 0 aromatic heterocycles. The van der Waals surface area contributed by atoms with E-state index >= 15 is 0 Å². The first-order chi connectivity index (χ1) is 16.9. The Hall–Kier alpha value is -4.36. The third-order valence-electron chi connectivity index (χ3n) is 6.13. The molecular formula is C28H24N2O5. The molecule has 0 fully saturated rings. The first-order valence-electron chi connectivity index (χ1n) is 11.1. The molecule has 4 aromatic carbocycles. The van der Waals surface area contributed by atoms with E-state index in [-0.39, 0.29) is 11.4 Å².